The Hall–Kier alpha value is -2.19. The van der Waals surface area contributed by atoms with Crippen LogP contribution in [0, 0.1) is 11.6 Å². The molecule has 2 aliphatic rings. The van der Waals surface area contributed by atoms with Crippen molar-refractivity contribution in [2.24, 2.45) is 0 Å². The van der Waals surface area contributed by atoms with E-state index in [1.807, 2.05) is 0 Å². The van der Waals surface area contributed by atoms with E-state index >= 15 is 0 Å². The Kier molecular flexibility index (Phi) is 3.47. The number of hydrogen-bond donors (Lipinski definition) is 0. The maximum atomic E-state index is 14.2. The second-order valence-corrected chi connectivity index (χ2v) is 7.35. The molecule has 0 radical (unpaired) electrons. The van der Waals surface area contributed by atoms with Gasteiger partial charge >= 0.3 is 10.2 Å². The Morgan fingerprint density at radius 2 is 1.67 bits per heavy atom. The van der Waals surface area contributed by atoms with E-state index < -0.39 is 27.5 Å². The summed E-state index contributed by atoms with van der Waals surface area (Å²) < 4.78 is 61.4. The molecule has 2 aliphatic heterocycles. The first kappa shape index (κ1) is 15.3. The second kappa shape index (κ2) is 5.42. The van der Waals surface area contributed by atoms with E-state index in [9.17, 15) is 17.2 Å². The van der Waals surface area contributed by atoms with Crippen molar-refractivity contribution < 1.29 is 21.9 Å². The van der Waals surface area contributed by atoms with Gasteiger partial charge in [-0.1, -0.05) is 18.2 Å². The molecule has 0 unspecified atom stereocenters. The van der Waals surface area contributed by atoms with Crippen LogP contribution in [0.3, 0.4) is 0 Å². The van der Waals surface area contributed by atoms with E-state index in [1.54, 1.807) is 18.2 Å². The van der Waals surface area contributed by atoms with Gasteiger partial charge in [0.2, 0.25) is 0 Å². The molecular weight excluding hydrogens is 338 g/mol. The average molecular weight is 352 g/mol. The number of rotatable bonds is 4. The molecule has 0 amide bonds. The SMILES string of the molecule is O=S1(=O)N(CC[C@@H]2CO2)c2ccccc2N1c1c(F)cccc1F. The maximum absolute atomic E-state index is 14.2. The molecule has 0 N–H and O–H groups in total. The minimum absolute atomic E-state index is 0.0478. The lowest BCUT2D eigenvalue weighted by Gasteiger charge is -2.22. The molecule has 2 heterocycles. The van der Waals surface area contributed by atoms with Crippen LogP contribution in [0.2, 0.25) is 0 Å². The van der Waals surface area contributed by atoms with E-state index in [-0.39, 0.29) is 18.3 Å². The highest BCUT2D eigenvalue weighted by molar-refractivity contribution is 7.95. The topological polar surface area (TPSA) is 53.2 Å². The average Bonchev–Trinajstić information content (AvgIpc) is 3.32. The number of nitrogens with zero attached hydrogens (tertiary/aromatic N) is 2. The molecule has 2 aromatic rings. The van der Waals surface area contributed by atoms with Crippen molar-refractivity contribution >= 4 is 27.3 Å². The van der Waals surface area contributed by atoms with Crippen molar-refractivity contribution in [2.45, 2.75) is 12.5 Å². The van der Waals surface area contributed by atoms with Crippen molar-refractivity contribution in [1.82, 2.24) is 0 Å². The largest absolute Gasteiger partial charge is 0.373 e. The smallest absolute Gasteiger partial charge is 0.331 e. The molecule has 2 aromatic carbocycles. The lowest BCUT2D eigenvalue weighted by molar-refractivity contribution is 0.399. The van der Waals surface area contributed by atoms with Gasteiger partial charge in [-0.3, -0.25) is 4.31 Å². The molecule has 1 fully saturated rings. The van der Waals surface area contributed by atoms with Crippen LogP contribution in [0.4, 0.5) is 25.8 Å². The molecule has 24 heavy (non-hydrogen) atoms. The van der Waals surface area contributed by atoms with Gasteiger partial charge in [0, 0.05) is 6.54 Å². The number of epoxide rings is 1. The van der Waals surface area contributed by atoms with Gasteiger partial charge < -0.3 is 4.74 Å². The first-order chi connectivity index (χ1) is 11.5. The van der Waals surface area contributed by atoms with Gasteiger partial charge in [-0.2, -0.15) is 8.42 Å². The number of ether oxygens (including phenoxy) is 1. The summed E-state index contributed by atoms with van der Waals surface area (Å²) in [5, 5.41) is 0. The summed E-state index contributed by atoms with van der Waals surface area (Å²) in [5.74, 6) is -1.86. The minimum Gasteiger partial charge on any atom is -0.373 e. The number of para-hydroxylation sites is 3. The molecule has 8 heteroatoms. The second-order valence-electron chi connectivity index (χ2n) is 5.65. The normalized spacial score (nSPS) is 21.0. The highest BCUT2D eigenvalue weighted by Crippen LogP contribution is 2.46. The zero-order chi connectivity index (χ0) is 16.9. The monoisotopic (exact) mass is 352 g/mol. The Bertz CT molecular complexity index is 880. The fourth-order valence-electron chi connectivity index (χ4n) is 2.84. The highest BCUT2D eigenvalue weighted by atomic mass is 32.2. The van der Waals surface area contributed by atoms with Gasteiger partial charge in [0.05, 0.1) is 24.1 Å². The summed E-state index contributed by atoms with van der Waals surface area (Å²) in [4.78, 5) is 0. The van der Waals surface area contributed by atoms with E-state index in [0.717, 1.165) is 16.4 Å². The molecule has 0 bridgehead atoms. The van der Waals surface area contributed by atoms with Crippen LogP contribution in [0.25, 0.3) is 0 Å². The molecule has 1 atom stereocenters. The molecular formula is C16H14F2N2O3S. The fraction of sp³-hybridized carbons (Fsp3) is 0.250. The van der Waals surface area contributed by atoms with E-state index in [2.05, 4.69) is 0 Å². The third-order valence-corrected chi connectivity index (χ3v) is 5.85. The van der Waals surface area contributed by atoms with Crippen molar-refractivity contribution in [3.63, 3.8) is 0 Å². The van der Waals surface area contributed by atoms with E-state index in [1.165, 1.54) is 16.4 Å². The van der Waals surface area contributed by atoms with Crippen LogP contribution in [0.5, 0.6) is 0 Å². The van der Waals surface area contributed by atoms with Crippen LogP contribution in [-0.4, -0.2) is 27.7 Å². The van der Waals surface area contributed by atoms with Crippen LogP contribution < -0.4 is 8.61 Å². The molecule has 126 valence electrons. The molecule has 0 aliphatic carbocycles. The van der Waals surface area contributed by atoms with E-state index in [4.69, 9.17) is 4.74 Å². The van der Waals surface area contributed by atoms with Crippen LogP contribution in [-0.2, 0) is 14.9 Å². The number of fused-ring (bicyclic) bond motifs is 1. The van der Waals surface area contributed by atoms with Crippen molar-refractivity contribution in [1.29, 1.82) is 0 Å². The summed E-state index contributed by atoms with van der Waals surface area (Å²) in [5.41, 5.74) is 0.0501. The number of halogens is 2. The predicted octanol–water partition coefficient (Wildman–Crippen LogP) is 2.96. The van der Waals surface area contributed by atoms with E-state index in [0.29, 0.717) is 18.7 Å². The van der Waals surface area contributed by atoms with Gasteiger partial charge in [-0.05, 0) is 30.7 Å². The van der Waals surface area contributed by atoms with Gasteiger partial charge in [-0.15, -0.1) is 0 Å². The summed E-state index contributed by atoms with van der Waals surface area (Å²) >= 11 is 0. The quantitative estimate of drug-likeness (QED) is 0.795. The summed E-state index contributed by atoms with van der Waals surface area (Å²) in [6, 6.07) is 9.76. The summed E-state index contributed by atoms with van der Waals surface area (Å²) in [6.45, 7) is 0.803. The number of anilines is 3. The molecule has 1 saturated heterocycles. The van der Waals surface area contributed by atoms with Crippen molar-refractivity contribution in [3.8, 4) is 0 Å². The Balaban J connectivity index is 1.85. The fourth-order valence-corrected chi connectivity index (χ4v) is 4.59. The lowest BCUT2D eigenvalue weighted by Crippen LogP contribution is -2.37. The third kappa shape index (κ3) is 2.33. The first-order valence-electron chi connectivity index (χ1n) is 7.48. The van der Waals surface area contributed by atoms with Crippen LogP contribution in [0.1, 0.15) is 6.42 Å². The third-order valence-electron chi connectivity index (χ3n) is 4.08. The first-order valence-corrected chi connectivity index (χ1v) is 8.87. The Labute approximate surface area is 138 Å². The molecule has 4 rings (SSSR count). The van der Waals surface area contributed by atoms with Crippen molar-refractivity contribution in [3.05, 3.63) is 54.1 Å². The maximum Gasteiger partial charge on any atom is 0.331 e. The van der Waals surface area contributed by atoms with Gasteiger partial charge in [0.1, 0.15) is 5.69 Å². The van der Waals surface area contributed by atoms with Gasteiger partial charge in [0.15, 0.2) is 11.6 Å². The minimum atomic E-state index is -4.12. The summed E-state index contributed by atoms with van der Waals surface area (Å²) in [7, 11) is -4.12. The zero-order valence-corrected chi connectivity index (χ0v) is 13.3. The Morgan fingerprint density at radius 3 is 2.29 bits per heavy atom. The molecule has 0 spiro atoms. The van der Waals surface area contributed by atoms with Gasteiger partial charge in [0.25, 0.3) is 0 Å². The molecule has 0 saturated carbocycles. The highest BCUT2D eigenvalue weighted by Gasteiger charge is 2.43. The van der Waals surface area contributed by atoms with Crippen molar-refractivity contribution in [2.75, 3.05) is 21.8 Å². The van der Waals surface area contributed by atoms with Crippen LogP contribution >= 0.6 is 0 Å². The summed E-state index contributed by atoms with van der Waals surface area (Å²) in [6.07, 6.45) is 0.577. The van der Waals surface area contributed by atoms with Crippen LogP contribution in [0.15, 0.2) is 42.5 Å². The lowest BCUT2D eigenvalue weighted by atomic mass is 10.2. The molecule has 5 nitrogen and oxygen atoms in total. The zero-order valence-electron chi connectivity index (χ0n) is 12.5. The molecule has 0 aromatic heterocycles. The standard InChI is InChI=1S/C16H14F2N2O3S/c17-12-4-3-5-13(18)16(12)20-15-7-2-1-6-14(15)19(24(20,21)22)9-8-11-10-23-11/h1-7,11H,8-10H2/t11-/m1/s1. The van der Waals surface area contributed by atoms with Gasteiger partial charge in [-0.25, -0.2) is 13.1 Å². The number of benzene rings is 2. The predicted molar refractivity (Wildman–Crippen MR) is 85.6 cm³/mol. The Morgan fingerprint density at radius 1 is 1.04 bits per heavy atom. The number of hydrogen-bond acceptors (Lipinski definition) is 3.